The normalized spacial score (nSPS) is 8.62. The van der Waals surface area contributed by atoms with Crippen LogP contribution in [0.5, 0.6) is 0 Å². The van der Waals surface area contributed by atoms with Gasteiger partial charge in [-0.25, -0.2) is 9.18 Å². The van der Waals surface area contributed by atoms with Crippen molar-refractivity contribution in [2.24, 2.45) is 0 Å². The Kier molecular flexibility index (Phi) is 5.30. The predicted molar refractivity (Wildman–Crippen MR) is 52.4 cm³/mol. The van der Waals surface area contributed by atoms with E-state index in [0.29, 0.717) is 0 Å². The number of rotatable bonds is 1. The Balaban J connectivity index is 0.000000671. The van der Waals surface area contributed by atoms with Crippen LogP contribution in [0.1, 0.15) is 24.2 Å². The van der Waals surface area contributed by atoms with Crippen LogP contribution in [0, 0.1) is 5.82 Å². The molecule has 0 atom stereocenters. The van der Waals surface area contributed by atoms with Crippen LogP contribution in [0.3, 0.4) is 0 Å². The molecule has 1 aromatic carbocycles. The van der Waals surface area contributed by atoms with E-state index in [2.05, 4.69) is 15.9 Å². The first kappa shape index (κ1) is 12.1. The third-order valence-electron chi connectivity index (χ3n) is 1.17. The van der Waals surface area contributed by atoms with Gasteiger partial charge in [-0.15, -0.1) is 0 Å². The maximum Gasteiger partial charge on any atom is 0.335 e. The fraction of sp³-hybridized carbons (Fsp3) is 0.222. The van der Waals surface area contributed by atoms with Crippen molar-refractivity contribution < 1.29 is 14.3 Å². The summed E-state index contributed by atoms with van der Waals surface area (Å²) in [6.07, 6.45) is 0. The largest absolute Gasteiger partial charge is 0.478 e. The molecule has 0 aliphatic carbocycles. The highest BCUT2D eigenvalue weighted by Gasteiger charge is 2.05. The highest BCUT2D eigenvalue weighted by Crippen LogP contribution is 2.15. The van der Waals surface area contributed by atoms with Gasteiger partial charge in [0.2, 0.25) is 0 Å². The number of carboxylic acids is 1. The minimum absolute atomic E-state index is 0.0503. The Bertz CT molecular complexity index is 300. The number of carboxylic acid groups (broad SMARTS) is 1. The Morgan fingerprint density at radius 2 is 2.00 bits per heavy atom. The van der Waals surface area contributed by atoms with Crippen molar-refractivity contribution in [3.63, 3.8) is 0 Å². The summed E-state index contributed by atoms with van der Waals surface area (Å²) >= 11 is 2.91. The van der Waals surface area contributed by atoms with Crippen molar-refractivity contribution in [1.29, 1.82) is 0 Å². The molecule has 0 saturated carbocycles. The van der Waals surface area contributed by atoms with Crippen molar-refractivity contribution in [2.75, 3.05) is 0 Å². The fourth-order valence-electron chi connectivity index (χ4n) is 0.629. The second kappa shape index (κ2) is 5.70. The van der Waals surface area contributed by atoms with E-state index in [1.54, 1.807) is 0 Å². The molecule has 0 aliphatic heterocycles. The average Bonchev–Trinajstić information content (AvgIpc) is 2.13. The molecular weight excluding hydrogens is 239 g/mol. The second-order valence-electron chi connectivity index (χ2n) is 1.93. The second-order valence-corrected chi connectivity index (χ2v) is 2.79. The van der Waals surface area contributed by atoms with E-state index in [1.807, 2.05) is 13.8 Å². The molecule has 2 nitrogen and oxygen atoms in total. The molecule has 0 heterocycles. The third kappa shape index (κ3) is 3.55. The van der Waals surface area contributed by atoms with Crippen molar-refractivity contribution in [3.8, 4) is 0 Å². The van der Waals surface area contributed by atoms with Gasteiger partial charge in [-0.05, 0) is 34.1 Å². The highest BCUT2D eigenvalue weighted by molar-refractivity contribution is 9.10. The standard InChI is InChI=1S/C7H4BrFO2.C2H6/c8-5-2-1-4(7(10)11)3-6(5)9;1-2/h1-3H,(H,10,11);1-2H3. The smallest absolute Gasteiger partial charge is 0.335 e. The van der Waals surface area contributed by atoms with Gasteiger partial charge >= 0.3 is 5.97 Å². The summed E-state index contributed by atoms with van der Waals surface area (Å²) in [4.78, 5) is 10.3. The fourth-order valence-corrected chi connectivity index (χ4v) is 0.876. The van der Waals surface area contributed by atoms with Crippen LogP contribution < -0.4 is 0 Å². The SMILES string of the molecule is CC.O=C(O)c1ccc(Br)c(F)c1. The van der Waals surface area contributed by atoms with Gasteiger partial charge in [0.25, 0.3) is 0 Å². The molecule has 0 spiro atoms. The van der Waals surface area contributed by atoms with Gasteiger partial charge in [-0.3, -0.25) is 0 Å². The van der Waals surface area contributed by atoms with Gasteiger partial charge in [-0.2, -0.15) is 0 Å². The number of carbonyl (C=O) groups is 1. The Morgan fingerprint density at radius 3 is 2.38 bits per heavy atom. The molecule has 72 valence electrons. The van der Waals surface area contributed by atoms with E-state index >= 15 is 0 Å². The van der Waals surface area contributed by atoms with Crippen LogP contribution in [0.15, 0.2) is 22.7 Å². The minimum atomic E-state index is -1.13. The third-order valence-corrected chi connectivity index (χ3v) is 1.81. The van der Waals surface area contributed by atoms with Gasteiger partial charge in [0.15, 0.2) is 0 Å². The molecule has 4 heteroatoms. The van der Waals surface area contributed by atoms with Crippen LogP contribution in [0.2, 0.25) is 0 Å². The van der Waals surface area contributed by atoms with Crippen LogP contribution >= 0.6 is 15.9 Å². The monoisotopic (exact) mass is 248 g/mol. The number of aromatic carboxylic acids is 1. The van der Waals surface area contributed by atoms with Gasteiger partial charge < -0.3 is 5.11 Å². The zero-order chi connectivity index (χ0) is 10.4. The summed E-state index contributed by atoms with van der Waals surface area (Å²) in [5, 5.41) is 8.42. The molecular formula is C9H10BrFO2. The summed E-state index contributed by atoms with van der Waals surface area (Å²) in [5.41, 5.74) is -0.0503. The molecule has 0 radical (unpaired) electrons. The summed E-state index contributed by atoms with van der Waals surface area (Å²) in [7, 11) is 0. The summed E-state index contributed by atoms with van der Waals surface area (Å²) in [5.74, 6) is -1.69. The maximum absolute atomic E-state index is 12.6. The lowest BCUT2D eigenvalue weighted by atomic mass is 10.2. The van der Waals surface area contributed by atoms with Crippen LogP contribution in [-0.4, -0.2) is 11.1 Å². The first-order valence-corrected chi connectivity index (χ1v) is 4.59. The molecule has 0 saturated heterocycles. The molecule has 13 heavy (non-hydrogen) atoms. The van der Waals surface area contributed by atoms with Crippen LogP contribution in [0.25, 0.3) is 0 Å². The van der Waals surface area contributed by atoms with E-state index in [1.165, 1.54) is 12.1 Å². The molecule has 1 rings (SSSR count). The zero-order valence-electron chi connectivity index (χ0n) is 7.34. The van der Waals surface area contributed by atoms with Crippen molar-refractivity contribution >= 4 is 21.9 Å². The first-order valence-electron chi connectivity index (χ1n) is 3.79. The zero-order valence-corrected chi connectivity index (χ0v) is 8.93. The maximum atomic E-state index is 12.6. The van der Waals surface area contributed by atoms with E-state index < -0.39 is 11.8 Å². The van der Waals surface area contributed by atoms with E-state index in [4.69, 9.17) is 5.11 Å². The lowest BCUT2D eigenvalue weighted by Gasteiger charge is -1.95. The molecule has 1 aromatic rings. The highest BCUT2D eigenvalue weighted by atomic mass is 79.9. The molecule has 0 fully saturated rings. The van der Waals surface area contributed by atoms with Crippen molar-refractivity contribution in [1.82, 2.24) is 0 Å². The van der Waals surface area contributed by atoms with Crippen LogP contribution in [-0.2, 0) is 0 Å². The van der Waals surface area contributed by atoms with Crippen molar-refractivity contribution in [3.05, 3.63) is 34.1 Å². The van der Waals surface area contributed by atoms with Crippen molar-refractivity contribution in [2.45, 2.75) is 13.8 Å². The van der Waals surface area contributed by atoms with Gasteiger partial charge in [-0.1, -0.05) is 13.8 Å². The number of hydrogen-bond acceptors (Lipinski definition) is 1. The number of halogens is 2. The minimum Gasteiger partial charge on any atom is -0.478 e. The average molecular weight is 249 g/mol. The van der Waals surface area contributed by atoms with Gasteiger partial charge in [0, 0.05) is 0 Å². The molecule has 0 aliphatic rings. The lowest BCUT2D eigenvalue weighted by Crippen LogP contribution is -1.96. The molecule has 0 aromatic heterocycles. The van der Waals surface area contributed by atoms with Gasteiger partial charge in [0.1, 0.15) is 5.82 Å². The first-order chi connectivity index (χ1) is 6.11. The lowest BCUT2D eigenvalue weighted by molar-refractivity contribution is 0.0696. The molecule has 0 unspecified atom stereocenters. The molecule has 0 bridgehead atoms. The molecule has 0 amide bonds. The number of hydrogen-bond donors (Lipinski definition) is 1. The Morgan fingerprint density at radius 1 is 1.46 bits per heavy atom. The van der Waals surface area contributed by atoms with E-state index in [-0.39, 0.29) is 10.0 Å². The molecule has 1 N–H and O–H groups in total. The topological polar surface area (TPSA) is 37.3 Å². The summed E-state index contributed by atoms with van der Waals surface area (Å²) in [6, 6.07) is 3.65. The summed E-state index contributed by atoms with van der Waals surface area (Å²) < 4.78 is 12.9. The Labute approximate surface area is 84.5 Å². The summed E-state index contributed by atoms with van der Waals surface area (Å²) in [6.45, 7) is 4.00. The van der Waals surface area contributed by atoms with E-state index in [9.17, 15) is 9.18 Å². The van der Waals surface area contributed by atoms with E-state index in [0.717, 1.165) is 6.07 Å². The predicted octanol–water partition coefficient (Wildman–Crippen LogP) is 3.31. The Hall–Kier alpha value is -0.900. The van der Waals surface area contributed by atoms with Crippen LogP contribution in [0.4, 0.5) is 4.39 Å². The quantitative estimate of drug-likeness (QED) is 0.828. The number of benzene rings is 1. The van der Waals surface area contributed by atoms with Gasteiger partial charge in [0.05, 0.1) is 10.0 Å².